The summed E-state index contributed by atoms with van der Waals surface area (Å²) in [6.07, 6.45) is 16.2. The van der Waals surface area contributed by atoms with E-state index in [-0.39, 0.29) is 0 Å². The summed E-state index contributed by atoms with van der Waals surface area (Å²) in [6, 6.07) is 30.4. The average Bonchev–Trinajstić information content (AvgIpc) is 3.66. The van der Waals surface area contributed by atoms with Crippen LogP contribution in [0.2, 0.25) is 0 Å². The van der Waals surface area contributed by atoms with Crippen LogP contribution < -0.4 is 0 Å². The van der Waals surface area contributed by atoms with Crippen LogP contribution in [0.1, 0.15) is 17.5 Å². The van der Waals surface area contributed by atoms with Gasteiger partial charge in [0, 0.05) is 46.8 Å². The summed E-state index contributed by atoms with van der Waals surface area (Å²) in [5, 5.41) is 4.82. The minimum atomic E-state index is 0.849. The van der Waals surface area contributed by atoms with E-state index >= 15 is 0 Å². The summed E-state index contributed by atoms with van der Waals surface area (Å²) in [5.41, 5.74) is 11.4. The maximum absolute atomic E-state index is 4.89. The fourth-order valence-corrected chi connectivity index (χ4v) is 6.79. The predicted octanol–water partition coefficient (Wildman–Crippen LogP) is 8.67. The van der Waals surface area contributed by atoms with Crippen LogP contribution in [0.15, 0.2) is 122 Å². The van der Waals surface area contributed by atoms with Gasteiger partial charge in [-0.25, -0.2) is 9.97 Å². The molecule has 1 aliphatic rings. The second kappa shape index (κ2) is 8.98. The summed E-state index contributed by atoms with van der Waals surface area (Å²) in [4.78, 5) is 14.1. The Labute approximate surface area is 242 Å². The molecule has 4 heterocycles. The van der Waals surface area contributed by atoms with Crippen molar-refractivity contribution in [1.82, 2.24) is 23.9 Å². The molecule has 198 valence electrons. The molecule has 0 fully saturated rings. The summed E-state index contributed by atoms with van der Waals surface area (Å²) >= 11 is 0. The molecular weight excluding hydrogens is 514 g/mol. The molecule has 0 radical (unpaired) electrons. The van der Waals surface area contributed by atoms with Gasteiger partial charge < -0.3 is 4.40 Å². The largest absolute Gasteiger partial charge is 0.304 e. The van der Waals surface area contributed by atoms with Crippen molar-refractivity contribution in [3.05, 3.63) is 133 Å². The number of hydrogen-bond acceptors (Lipinski definition) is 3. The maximum atomic E-state index is 4.89. The van der Waals surface area contributed by atoms with Crippen molar-refractivity contribution >= 4 is 44.4 Å². The van der Waals surface area contributed by atoms with Crippen molar-refractivity contribution in [2.75, 3.05) is 0 Å². The Balaban J connectivity index is 1.35. The molecular formula is C37H25N5. The van der Waals surface area contributed by atoms with Gasteiger partial charge in [-0.3, -0.25) is 9.55 Å². The van der Waals surface area contributed by atoms with Gasteiger partial charge in [-0.2, -0.15) is 0 Å². The molecule has 4 aromatic heterocycles. The number of pyridine rings is 1. The first-order chi connectivity index (χ1) is 20.8. The van der Waals surface area contributed by atoms with Crippen molar-refractivity contribution in [2.45, 2.75) is 12.8 Å². The fraction of sp³-hybridized carbons (Fsp3) is 0.0541. The Morgan fingerprint density at radius 3 is 2.43 bits per heavy atom. The molecule has 0 aliphatic heterocycles. The number of nitrogens with zero attached hydrogens (tertiary/aromatic N) is 5. The van der Waals surface area contributed by atoms with Gasteiger partial charge in [0.2, 0.25) is 0 Å². The topological polar surface area (TPSA) is 48.0 Å². The number of para-hydroxylation sites is 1. The first kappa shape index (κ1) is 23.2. The number of rotatable bonds is 3. The lowest BCUT2D eigenvalue weighted by molar-refractivity contribution is 0.990. The normalized spacial score (nSPS) is 13.0. The third-order valence-corrected chi connectivity index (χ3v) is 8.57. The predicted molar refractivity (Wildman–Crippen MR) is 171 cm³/mol. The zero-order chi connectivity index (χ0) is 27.6. The van der Waals surface area contributed by atoms with Gasteiger partial charge in [0.15, 0.2) is 5.65 Å². The minimum Gasteiger partial charge on any atom is -0.304 e. The Hall–Kier alpha value is -5.55. The summed E-state index contributed by atoms with van der Waals surface area (Å²) < 4.78 is 4.32. The number of hydrogen-bond donors (Lipinski definition) is 0. The summed E-state index contributed by atoms with van der Waals surface area (Å²) in [7, 11) is 0. The lowest BCUT2D eigenvalue weighted by Gasteiger charge is -2.23. The number of fused-ring (bicyclic) bond motifs is 6. The van der Waals surface area contributed by atoms with E-state index < -0.39 is 0 Å². The third kappa shape index (κ3) is 3.34. The highest BCUT2D eigenvalue weighted by atomic mass is 15.0. The second-order valence-electron chi connectivity index (χ2n) is 10.9. The van der Waals surface area contributed by atoms with Crippen LogP contribution in [0.4, 0.5) is 0 Å². The van der Waals surface area contributed by atoms with E-state index in [1.807, 2.05) is 30.9 Å². The molecule has 0 atom stereocenters. The molecule has 0 unspecified atom stereocenters. The second-order valence-corrected chi connectivity index (χ2v) is 10.9. The highest BCUT2D eigenvalue weighted by molar-refractivity contribution is 6.13. The monoisotopic (exact) mass is 539 g/mol. The van der Waals surface area contributed by atoms with Crippen molar-refractivity contribution in [3.8, 4) is 28.1 Å². The molecule has 1 aliphatic carbocycles. The molecule has 4 aromatic carbocycles. The van der Waals surface area contributed by atoms with Crippen molar-refractivity contribution in [2.24, 2.45) is 0 Å². The van der Waals surface area contributed by atoms with Crippen LogP contribution in [0.5, 0.6) is 0 Å². The SMILES string of the molecule is C1=Cc2c(c(-c3ccc4c(c3)c3cccnc3n4-c3ccccc3)c3ccccc3c2-c2cn3ccnc3cn2)CC1. The molecule has 9 rings (SSSR count). The van der Waals surface area contributed by atoms with E-state index in [1.54, 1.807) is 0 Å². The smallest absolute Gasteiger partial charge is 0.155 e. The number of allylic oxidation sites excluding steroid dienone is 1. The quantitative estimate of drug-likeness (QED) is 0.226. The molecule has 0 saturated carbocycles. The minimum absolute atomic E-state index is 0.849. The van der Waals surface area contributed by atoms with Crippen molar-refractivity contribution in [3.63, 3.8) is 0 Å². The van der Waals surface area contributed by atoms with E-state index in [9.17, 15) is 0 Å². The van der Waals surface area contributed by atoms with E-state index in [1.165, 1.54) is 44.0 Å². The molecule has 0 N–H and O–H groups in total. The third-order valence-electron chi connectivity index (χ3n) is 8.57. The van der Waals surface area contributed by atoms with Gasteiger partial charge >= 0.3 is 0 Å². The Kier molecular flexibility index (Phi) is 4.96. The number of benzene rings is 4. The summed E-state index contributed by atoms with van der Waals surface area (Å²) in [6.45, 7) is 0. The highest BCUT2D eigenvalue weighted by Crippen LogP contribution is 2.45. The average molecular weight is 540 g/mol. The first-order valence-corrected chi connectivity index (χ1v) is 14.3. The van der Waals surface area contributed by atoms with E-state index in [0.717, 1.165) is 46.4 Å². The maximum Gasteiger partial charge on any atom is 0.155 e. The van der Waals surface area contributed by atoms with Gasteiger partial charge in [0.05, 0.1) is 17.4 Å². The zero-order valence-electron chi connectivity index (χ0n) is 22.8. The number of aromatic nitrogens is 5. The van der Waals surface area contributed by atoms with Gasteiger partial charge in [0.1, 0.15) is 5.65 Å². The van der Waals surface area contributed by atoms with Crippen LogP contribution in [0.25, 0.3) is 72.5 Å². The first-order valence-electron chi connectivity index (χ1n) is 14.3. The molecule has 0 amide bonds. The van der Waals surface area contributed by atoms with Gasteiger partial charge in [-0.15, -0.1) is 0 Å². The number of imidazole rings is 1. The summed E-state index contributed by atoms with van der Waals surface area (Å²) in [5.74, 6) is 0. The van der Waals surface area contributed by atoms with Crippen LogP contribution in [-0.4, -0.2) is 23.9 Å². The lowest BCUT2D eigenvalue weighted by atomic mass is 9.81. The van der Waals surface area contributed by atoms with E-state index in [4.69, 9.17) is 9.97 Å². The van der Waals surface area contributed by atoms with E-state index in [2.05, 4.69) is 111 Å². The standard InChI is InChI=1S/C37H25N5/c1-2-9-25(10-3-1)42-33-17-16-24(21-31(33)30-15-8-18-39-37(30)42)35-26-11-4-6-13-28(26)36(29-14-7-5-12-27(29)35)32-23-41-20-19-38-34(41)22-40-32/h1-4,6-11,13-23H,5,12H2. The molecule has 0 spiro atoms. The molecule has 8 aromatic rings. The van der Waals surface area contributed by atoms with Crippen LogP contribution in [0.3, 0.4) is 0 Å². The fourth-order valence-electron chi connectivity index (χ4n) is 6.79. The lowest BCUT2D eigenvalue weighted by Crippen LogP contribution is -2.03. The zero-order valence-corrected chi connectivity index (χ0v) is 22.8. The van der Waals surface area contributed by atoms with Gasteiger partial charge in [-0.1, -0.05) is 60.7 Å². The molecule has 5 nitrogen and oxygen atoms in total. The van der Waals surface area contributed by atoms with Gasteiger partial charge in [0.25, 0.3) is 0 Å². The van der Waals surface area contributed by atoms with Crippen molar-refractivity contribution in [1.29, 1.82) is 0 Å². The highest BCUT2D eigenvalue weighted by Gasteiger charge is 2.23. The van der Waals surface area contributed by atoms with Crippen LogP contribution >= 0.6 is 0 Å². The Morgan fingerprint density at radius 1 is 0.690 bits per heavy atom. The molecule has 0 saturated heterocycles. The molecule has 5 heteroatoms. The molecule has 42 heavy (non-hydrogen) atoms. The van der Waals surface area contributed by atoms with Crippen LogP contribution in [-0.2, 0) is 6.42 Å². The van der Waals surface area contributed by atoms with Crippen molar-refractivity contribution < 1.29 is 0 Å². The van der Waals surface area contributed by atoms with Gasteiger partial charge in [-0.05, 0) is 82.3 Å². The van der Waals surface area contributed by atoms with Crippen LogP contribution in [0, 0.1) is 0 Å². The molecule has 0 bridgehead atoms. The van der Waals surface area contributed by atoms with E-state index in [0.29, 0.717) is 0 Å². The Bertz CT molecular complexity index is 2360. The Morgan fingerprint density at radius 2 is 1.52 bits per heavy atom.